The normalized spacial score (nSPS) is 14.7. The third kappa shape index (κ3) is 0.614. The molecule has 0 saturated carbocycles. The molecule has 1 aliphatic heterocycles. The second-order valence-electron chi connectivity index (χ2n) is 1.81. The van der Waals surface area contributed by atoms with Gasteiger partial charge in [0, 0.05) is 6.20 Å². The summed E-state index contributed by atoms with van der Waals surface area (Å²) in [6.07, 6.45) is 7.95. The van der Waals surface area contributed by atoms with Crippen molar-refractivity contribution in [3.05, 3.63) is 24.5 Å². The van der Waals surface area contributed by atoms with Crippen molar-refractivity contribution in [1.29, 1.82) is 0 Å². The highest BCUT2D eigenvalue weighted by molar-refractivity contribution is 5.24. The van der Waals surface area contributed by atoms with Crippen LogP contribution in [0.1, 0.15) is 5.69 Å². The summed E-state index contributed by atoms with van der Waals surface area (Å²) in [6.45, 7) is 0.580. The molecular weight excluding hydrogens is 116 g/mol. The highest BCUT2D eigenvalue weighted by atomic mass is 16.5. The molecule has 2 rings (SSSR count). The van der Waals surface area contributed by atoms with Gasteiger partial charge in [0.05, 0.1) is 12.0 Å². The van der Waals surface area contributed by atoms with E-state index in [1.165, 1.54) is 0 Å². The molecule has 1 aromatic rings. The summed E-state index contributed by atoms with van der Waals surface area (Å²) >= 11 is 0. The smallest absolute Gasteiger partial charge is 0.130 e. The number of ether oxygens (including phenoxy) is 1. The van der Waals surface area contributed by atoms with Crippen molar-refractivity contribution in [2.24, 2.45) is 0 Å². The van der Waals surface area contributed by atoms with Gasteiger partial charge < -0.3 is 9.30 Å². The Hall–Kier alpha value is -1.25. The first-order valence-corrected chi connectivity index (χ1v) is 2.68. The second kappa shape index (κ2) is 1.62. The lowest BCUT2D eigenvalue weighted by Gasteiger charge is -2.06. The lowest BCUT2D eigenvalue weighted by Crippen LogP contribution is -1.99. The Morgan fingerprint density at radius 3 is 3.67 bits per heavy atom. The summed E-state index contributed by atoms with van der Waals surface area (Å²) < 4.78 is 6.86. The summed E-state index contributed by atoms with van der Waals surface area (Å²) in [5.41, 5.74) is 0.970. The Morgan fingerprint density at radius 2 is 2.78 bits per heavy atom. The largest absolute Gasteiger partial charge is 0.493 e. The van der Waals surface area contributed by atoms with E-state index in [-0.39, 0.29) is 0 Å². The Bertz CT molecular complexity index is 239. The minimum absolute atomic E-state index is 0.580. The molecule has 0 saturated heterocycles. The average Bonchev–Trinajstić information content (AvgIpc) is 2.33. The zero-order chi connectivity index (χ0) is 6.10. The van der Waals surface area contributed by atoms with Crippen LogP contribution in [0.2, 0.25) is 0 Å². The van der Waals surface area contributed by atoms with Gasteiger partial charge in [-0.15, -0.1) is 0 Å². The van der Waals surface area contributed by atoms with Gasteiger partial charge in [-0.3, -0.25) is 0 Å². The predicted octanol–water partition coefficient (Wildman–Crippen LogP) is 0.642. The molecular formula is C6H5N2O. The third-order valence-corrected chi connectivity index (χ3v) is 1.23. The van der Waals surface area contributed by atoms with Crippen molar-refractivity contribution in [2.75, 3.05) is 0 Å². The fourth-order valence-corrected chi connectivity index (χ4v) is 0.764. The fraction of sp³-hybridized carbons (Fsp3) is 0.167. The highest BCUT2D eigenvalue weighted by Gasteiger charge is 2.02. The molecule has 3 nitrogen and oxygen atoms in total. The standard InChI is InChI=1S/C6H5N2O/c1-2-9-4-6-3-7-5-8(1)6/h1-2,5H,4H2. The zero-order valence-corrected chi connectivity index (χ0v) is 4.74. The van der Waals surface area contributed by atoms with E-state index in [1.54, 1.807) is 12.6 Å². The van der Waals surface area contributed by atoms with E-state index in [0.29, 0.717) is 6.61 Å². The van der Waals surface area contributed by atoms with Crippen molar-refractivity contribution >= 4 is 6.20 Å². The number of aromatic nitrogens is 2. The van der Waals surface area contributed by atoms with Crippen molar-refractivity contribution in [3.8, 4) is 0 Å². The molecule has 9 heavy (non-hydrogen) atoms. The van der Waals surface area contributed by atoms with Gasteiger partial charge in [0.15, 0.2) is 0 Å². The molecule has 0 spiro atoms. The molecule has 0 atom stereocenters. The molecule has 3 heteroatoms. The maximum atomic E-state index is 4.98. The second-order valence-corrected chi connectivity index (χ2v) is 1.81. The number of imidazole rings is 1. The first-order valence-electron chi connectivity index (χ1n) is 2.68. The molecule has 0 fully saturated rings. The Labute approximate surface area is 52.6 Å². The summed E-state index contributed by atoms with van der Waals surface area (Å²) in [4.78, 5) is 3.81. The van der Waals surface area contributed by atoms with Crippen LogP contribution in [0.15, 0.2) is 12.6 Å². The van der Waals surface area contributed by atoms with Gasteiger partial charge in [-0.25, -0.2) is 4.98 Å². The van der Waals surface area contributed by atoms with Crippen molar-refractivity contribution in [1.82, 2.24) is 9.55 Å². The quantitative estimate of drug-likeness (QED) is 0.503. The van der Waals surface area contributed by atoms with Crippen LogP contribution >= 0.6 is 0 Å². The minimum atomic E-state index is 0.580. The molecule has 1 radical (unpaired) electrons. The fourth-order valence-electron chi connectivity index (χ4n) is 0.764. The number of hydrogen-bond donors (Lipinski definition) is 0. The molecule has 0 aromatic carbocycles. The van der Waals surface area contributed by atoms with Crippen LogP contribution in [0.5, 0.6) is 0 Å². The average molecular weight is 121 g/mol. The number of hydrogen-bond acceptors (Lipinski definition) is 2. The van der Waals surface area contributed by atoms with E-state index in [2.05, 4.69) is 11.2 Å². The van der Waals surface area contributed by atoms with E-state index in [9.17, 15) is 0 Å². The topological polar surface area (TPSA) is 27.1 Å². The lowest BCUT2D eigenvalue weighted by molar-refractivity contribution is 0.224. The maximum absolute atomic E-state index is 4.98. The molecule has 0 unspecified atom stereocenters. The van der Waals surface area contributed by atoms with Gasteiger partial charge in [0.25, 0.3) is 0 Å². The molecule has 1 aliphatic rings. The van der Waals surface area contributed by atoms with Crippen LogP contribution in [0, 0.1) is 6.20 Å². The Morgan fingerprint density at radius 1 is 1.78 bits per heavy atom. The van der Waals surface area contributed by atoms with E-state index < -0.39 is 0 Å². The van der Waals surface area contributed by atoms with Crippen LogP contribution in [0.3, 0.4) is 0 Å². The SMILES string of the molecule is [c]1ncn2c1COC=C2. The van der Waals surface area contributed by atoms with Crippen LogP contribution in [0.25, 0.3) is 6.20 Å². The monoisotopic (exact) mass is 121 g/mol. The number of rotatable bonds is 0. The minimum Gasteiger partial charge on any atom is -0.493 e. The van der Waals surface area contributed by atoms with E-state index in [1.807, 2.05) is 10.8 Å². The first kappa shape index (κ1) is 4.61. The first-order chi connectivity index (χ1) is 4.47. The number of nitrogens with zero attached hydrogens (tertiary/aromatic N) is 2. The van der Waals surface area contributed by atoms with Gasteiger partial charge in [-0.2, -0.15) is 0 Å². The van der Waals surface area contributed by atoms with Crippen molar-refractivity contribution in [3.63, 3.8) is 0 Å². The van der Waals surface area contributed by atoms with Gasteiger partial charge >= 0.3 is 0 Å². The molecule has 0 amide bonds. The Kier molecular flexibility index (Phi) is 0.828. The summed E-state index contributed by atoms with van der Waals surface area (Å²) in [7, 11) is 0. The molecule has 1 aromatic heterocycles. The third-order valence-electron chi connectivity index (χ3n) is 1.23. The van der Waals surface area contributed by atoms with Crippen LogP contribution in [0.4, 0.5) is 0 Å². The summed E-state index contributed by atoms with van der Waals surface area (Å²) in [6, 6.07) is 0. The molecule has 0 bridgehead atoms. The predicted molar refractivity (Wildman–Crippen MR) is 31.2 cm³/mol. The molecule has 45 valence electrons. The van der Waals surface area contributed by atoms with Crippen LogP contribution in [-0.2, 0) is 11.3 Å². The molecule has 0 aliphatic carbocycles. The van der Waals surface area contributed by atoms with E-state index in [4.69, 9.17) is 4.74 Å². The maximum Gasteiger partial charge on any atom is 0.130 e. The lowest BCUT2D eigenvalue weighted by atomic mass is 10.5. The molecule has 0 N–H and O–H groups in total. The highest BCUT2D eigenvalue weighted by Crippen LogP contribution is 2.06. The van der Waals surface area contributed by atoms with Crippen molar-refractivity contribution < 1.29 is 4.74 Å². The van der Waals surface area contributed by atoms with Gasteiger partial charge in [0.2, 0.25) is 0 Å². The number of fused-ring (bicyclic) bond motifs is 1. The van der Waals surface area contributed by atoms with Gasteiger partial charge in [-0.1, -0.05) is 0 Å². The van der Waals surface area contributed by atoms with Gasteiger partial charge in [-0.05, 0) is 0 Å². The zero-order valence-electron chi connectivity index (χ0n) is 4.74. The molecule has 2 heterocycles. The van der Waals surface area contributed by atoms with Gasteiger partial charge in [0.1, 0.15) is 19.1 Å². The van der Waals surface area contributed by atoms with Crippen LogP contribution in [-0.4, -0.2) is 9.55 Å². The summed E-state index contributed by atoms with van der Waals surface area (Å²) in [5, 5.41) is 0. The Balaban J connectivity index is 2.53. The van der Waals surface area contributed by atoms with Crippen LogP contribution < -0.4 is 0 Å². The van der Waals surface area contributed by atoms with E-state index >= 15 is 0 Å². The summed E-state index contributed by atoms with van der Waals surface area (Å²) in [5.74, 6) is 0. The van der Waals surface area contributed by atoms with E-state index in [0.717, 1.165) is 5.69 Å². The van der Waals surface area contributed by atoms with Crippen molar-refractivity contribution in [2.45, 2.75) is 6.61 Å².